The van der Waals surface area contributed by atoms with E-state index in [1.54, 1.807) is 6.07 Å². The van der Waals surface area contributed by atoms with Crippen molar-refractivity contribution in [1.29, 1.82) is 0 Å². The Morgan fingerprint density at radius 2 is 1.93 bits per heavy atom. The molecule has 3 aromatic rings. The van der Waals surface area contributed by atoms with E-state index < -0.39 is 15.7 Å². The van der Waals surface area contributed by atoms with E-state index in [2.05, 4.69) is 25.9 Å². The number of nitrogens with one attached hydrogen (secondary N) is 2. The number of nitrogens with two attached hydrogens (primary N) is 1. The van der Waals surface area contributed by atoms with Crippen molar-refractivity contribution in [2.45, 2.75) is 11.4 Å². The van der Waals surface area contributed by atoms with Crippen LogP contribution in [0.4, 0.5) is 0 Å². The van der Waals surface area contributed by atoms with Gasteiger partial charge in [-0.25, -0.2) is 13.5 Å². The van der Waals surface area contributed by atoms with Gasteiger partial charge in [0.25, 0.3) is 0 Å². The van der Waals surface area contributed by atoms with Crippen molar-refractivity contribution in [2.75, 3.05) is 12.8 Å². The Kier molecular flexibility index (Phi) is 5.28. The standard InChI is InChI=1S/C17H18N6O3S/c1-27(25,26)14-4-2-3-13(16(14)17-20-22-23-21-17)12-7-5-11(6-8-12)9-19-10-15(18)24/h2-8,19H,9-10H2,1H3,(H2,18,24)(H,20,21,22,23). The molecule has 2 aromatic carbocycles. The van der Waals surface area contributed by atoms with Crippen LogP contribution in [-0.4, -0.2) is 47.7 Å². The molecule has 0 bridgehead atoms. The van der Waals surface area contributed by atoms with Crippen LogP contribution in [0.1, 0.15) is 5.56 Å². The highest BCUT2D eigenvalue weighted by atomic mass is 32.2. The lowest BCUT2D eigenvalue weighted by Crippen LogP contribution is -2.28. The van der Waals surface area contributed by atoms with E-state index >= 15 is 0 Å². The minimum atomic E-state index is -3.49. The Bertz CT molecular complexity index is 1050. The zero-order valence-corrected chi connectivity index (χ0v) is 15.3. The monoisotopic (exact) mass is 386 g/mol. The fourth-order valence-electron chi connectivity index (χ4n) is 2.72. The van der Waals surface area contributed by atoms with Gasteiger partial charge in [0.05, 0.1) is 11.4 Å². The fraction of sp³-hybridized carbons (Fsp3) is 0.176. The molecule has 0 aliphatic carbocycles. The smallest absolute Gasteiger partial charge is 0.231 e. The van der Waals surface area contributed by atoms with Crippen LogP contribution in [0.3, 0.4) is 0 Å². The van der Waals surface area contributed by atoms with E-state index in [9.17, 15) is 13.2 Å². The minimum absolute atomic E-state index is 0.0980. The molecule has 0 aliphatic rings. The van der Waals surface area contributed by atoms with Gasteiger partial charge < -0.3 is 11.1 Å². The van der Waals surface area contributed by atoms with Crippen LogP contribution >= 0.6 is 0 Å². The lowest BCUT2D eigenvalue weighted by atomic mass is 9.98. The predicted molar refractivity (Wildman–Crippen MR) is 99.1 cm³/mol. The number of aromatic amines is 1. The Morgan fingerprint density at radius 3 is 2.52 bits per heavy atom. The second kappa shape index (κ2) is 7.64. The SMILES string of the molecule is CS(=O)(=O)c1cccc(-c2ccc(CNCC(N)=O)cc2)c1-c1nnn[nH]1. The summed E-state index contributed by atoms with van der Waals surface area (Å²) >= 11 is 0. The molecule has 0 saturated carbocycles. The van der Waals surface area contributed by atoms with Gasteiger partial charge >= 0.3 is 0 Å². The zero-order valence-electron chi connectivity index (χ0n) is 14.5. The normalized spacial score (nSPS) is 11.4. The topological polar surface area (TPSA) is 144 Å². The lowest BCUT2D eigenvalue weighted by molar-refractivity contribution is -0.117. The van der Waals surface area contributed by atoms with E-state index in [-0.39, 0.29) is 17.3 Å². The number of hydrogen-bond donors (Lipinski definition) is 3. The fourth-order valence-corrected chi connectivity index (χ4v) is 3.63. The van der Waals surface area contributed by atoms with Gasteiger partial charge in [0.2, 0.25) is 5.91 Å². The molecular weight excluding hydrogens is 368 g/mol. The number of rotatable bonds is 7. The summed E-state index contributed by atoms with van der Waals surface area (Å²) in [4.78, 5) is 10.9. The summed E-state index contributed by atoms with van der Waals surface area (Å²) in [5.41, 5.74) is 7.98. The zero-order chi connectivity index (χ0) is 19.4. The lowest BCUT2D eigenvalue weighted by Gasteiger charge is -2.12. The molecule has 10 heteroatoms. The summed E-state index contributed by atoms with van der Waals surface area (Å²) in [6.45, 7) is 0.590. The first-order valence-electron chi connectivity index (χ1n) is 8.02. The van der Waals surface area contributed by atoms with Gasteiger partial charge in [-0.1, -0.05) is 36.4 Å². The van der Waals surface area contributed by atoms with Gasteiger partial charge in [-0.05, 0) is 33.2 Å². The van der Waals surface area contributed by atoms with Crippen molar-refractivity contribution in [1.82, 2.24) is 25.9 Å². The van der Waals surface area contributed by atoms with E-state index in [1.165, 1.54) is 6.07 Å². The van der Waals surface area contributed by atoms with Crippen molar-refractivity contribution >= 4 is 15.7 Å². The molecule has 1 aromatic heterocycles. The first-order chi connectivity index (χ1) is 12.9. The highest BCUT2D eigenvalue weighted by Crippen LogP contribution is 2.35. The quantitative estimate of drug-likeness (QED) is 0.537. The predicted octanol–water partition coefficient (Wildman–Crippen LogP) is 0.512. The molecule has 27 heavy (non-hydrogen) atoms. The van der Waals surface area contributed by atoms with Crippen molar-refractivity contribution in [3.8, 4) is 22.5 Å². The van der Waals surface area contributed by atoms with Crippen LogP contribution in [0.15, 0.2) is 47.4 Å². The van der Waals surface area contributed by atoms with Crippen LogP contribution in [-0.2, 0) is 21.2 Å². The second-order valence-corrected chi connectivity index (χ2v) is 7.95. The number of tetrazole rings is 1. The van der Waals surface area contributed by atoms with Gasteiger partial charge in [-0.2, -0.15) is 0 Å². The number of sulfone groups is 1. The molecule has 9 nitrogen and oxygen atoms in total. The number of H-pyrrole nitrogens is 1. The summed E-state index contributed by atoms with van der Waals surface area (Å²) in [6.07, 6.45) is 1.15. The van der Waals surface area contributed by atoms with Gasteiger partial charge in [0.15, 0.2) is 15.7 Å². The van der Waals surface area contributed by atoms with E-state index in [1.807, 2.05) is 30.3 Å². The third-order valence-electron chi connectivity index (χ3n) is 3.90. The number of aromatic nitrogens is 4. The van der Waals surface area contributed by atoms with Crippen LogP contribution in [0.5, 0.6) is 0 Å². The van der Waals surface area contributed by atoms with Crippen LogP contribution in [0.25, 0.3) is 22.5 Å². The number of hydrogen-bond acceptors (Lipinski definition) is 7. The van der Waals surface area contributed by atoms with E-state index in [4.69, 9.17) is 5.73 Å². The van der Waals surface area contributed by atoms with Gasteiger partial charge in [0, 0.05) is 18.4 Å². The Labute approximate surface area is 155 Å². The number of carbonyl (C=O) groups is 1. The minimum Gasteiger partial charge on any atom is -0.369 e. The molecule has 0 aliphatic heterocycles. The third-order valence-corrected chi connectivity index (χ3v) is 5.04. The van der Waals surface area contributed by atoms with Crippen molar-refractivity contribution < 1.29 is 13.2 Å². The molecule has 0 unspecified atom stereocenters. The first-order valence-corrected chi connectivity index (χ1v) is 9.91. The van der Waals surface area contributed by atoms with Crippen molar-refractivity contribution in [2.24, 2.45) is 5.73 Å². The van der Waals surface area contributed by atoms with E-state index in [0.29, 0.717) is 17.7 Å². The molecule has 0 spiro atoms. The maximum absolute atomic E-state index is 12.2. The first kappa shape index (κ1) is 18.7. The molecule has 0 fully saturated rings. The number of amides is 1. The molecule has 4 N–H and O–H groups in total. The molecule has 3 rings (SSSR count). The van der Waals surface area contributed by atoms with Gasteiger partial charge in [-0.3, -0.25) is 4.79 Å². The maximum atomic E-state index is 12.2. The second-order valence-electron chi connectivity index (χ2n) is 5.97. The summed E-state index contributed by atoms with van der Waals surface area (Å²) in [5, 5.41) is 16.6. The number of carbonyl (C=O) groups excluding carboxylic acids is 1. The molecule has 0 atom stereocenters. The average Bonchev–Trinajstić information content (AvgIpc) is 3.15. The maximum Gasteiger partial charge on any atom is 0.231 e. The van der Waals surface area contributed by atoms with Crippen LogP contribution in [0.2, 0.25) is 0 Å². The molecule has 140 valence electrons. The molecular formula is C17H18N6O3S. The Balaban J connectivity index is 2.01. The highest BCUT2D eigenvalue weighted by Gasteiger charge is 2.21. The number of primary amides is 1. The summed E-state index contributed by atoms with van der Waals surface area (Å²) in [7, 11) is -3.49. The summed E-state index contributed by atoms with van der Waals surface area (Å²) in [6, 6.07) is 12.5. The average molecular weight is 386 g/mol. The van der Waals surface area contributed by atoms with Crippen LogP contribution < -0.4 is 11.1 Å². The molecule has 1 heterocycles. The van der Waals surface area contributed by atoms with Crippen molar-refractivity contribution in [3.63, 3.8) is 0 Å². The number of benzene rings is 2. The Morgan fingerprint density at radius 1 is 1.19 bits per heavy atom. The number of nitrogens with zero attached hydrogens (tertiary/aromatic N) is 3. The van der Waals surface area contributed by atoms with Gasteiger partial charge in [-0.15, -0.1) is 5.10 Å². The summed E-state index contributed by atoms with van der Waals surface area (Å²) in [5.74, 6) is -0.146. The molecule has 0 radical (unpaired) electrons. The molecule has 0 saturated heterocycles. The van der Waals surface area contributed by atoms with Crippen LogP contribution in [0, 0.1) is 0 Å². The highest BCUT2D eigenvalue weighted by molar-refractivity contribution is 7.90. The molecule has 1 amide bonds. The largest absolute Gasteiger partial charge is 0.369 e. The van der Waals surface area contributed by atoms with Gasteiger partial charge in [0.1, 0.15) is 0 Å². The Hall–Kier alpha value is -3.11. The van der Waals surface area contributed by atoms with Crippen molar-refractivity contribution in [3.05, 3.63) is 48.0 Å². The van der Waals surface area contributed by atoms with E-state index in [0.717, 1.165) is 17.4 Å². The summed E-state index contributed by atoms with van der Waals surface area (Å²) < 4.78 is 24.5. The third kappa shape index (κ3) is 4.36.